The van der Waals surface area contributed by atoms with Crippen LogP contribution in [0.5, 0.6) is 0 Å². The van der Waals surface area contributed by atoms with E-state index >= 15 is 0 Å². The topological polar surface area (TPSA) is 95.6 Å². The second kappa shape index (κ2) is 5.29. The molecule has 0 aromatic rings. The summed E-state index contributed by atoms with van der Waals surface area (Å²) in [5, 5.41) is 21.5. The minimum Gasteiger partial charge on any atom is -0.480 e. The first-order valence-electron chi connectivity index (χ1n) is 4.98. The highest BCUT2D eigenvalue weighted by Gasteiger charge is 2.25. The molecule has 0 bridgehead atoms. The van der Waals surface area contributed by atoms with Crippen LogP contribution in [0.15, 0.2) is 0 Å². The fourth-order valence-corrected chi connectivity index (χ4v) is 1.76. The molecule has 5 heteroatoms. The molecule has 0 aromatic heterocycles. The minimum atomic E-state index is -1.05. The van der Waals surface area contributed by atoms with E-state index in [9.17, 15) is 9.90 Å². The highest BCUT2D eigenvalue weighted by atomic mass is 16.4. The third-order valence-corrected chi connectivity index (χ3v) is 2.69. The lowest BCUT2D eigenvalue weighted by Gasteiger charge is -2.28. The van der Waals surface area contributed by atoms with Crippen LogP contribution in [0.1, 0.15) is 19.3 Å². The first-order chi connectivity index (χ1) is 6.61. The van der Waals surface area contributed by atoms with Gasteiger partial charge in [0.05, 0.1) is 6.10 Å². The summed E-state index contributed by atoms with van der Waals surface area (Å²) in [6.07, 6.45) is 1.51. The van der Waals surface area contributed by atoms with Crippen LogP contribution in [-0.2, 0) is 4.79 Å². The van der Waals surface area contributed by atoms with Gasteiger partial charge in [-0.1, -0.05) is 0 Å². The van der Waals surface area contributed by atoms with Gasteiger partial charge in [0.15, 0.2) is 0 Å². The summed E-state index contributed by atoms with van der Waals surface area (Å²) < 4.78 is 0. The smallest absolute Gasteiger partial charge is 0.320 e. The second-order valence-corrected chi connectivity index (χ2v) is 3.85. The number of hydrogen-bond acceptors (Lipinski definition) is 4. The van der Waals surface area contributed by atoms with Crippen LogP contribution in [0.25, 0.3) is 0 Å². The number of aliphatic carboxylic acids is 1. The normalized spacial score (nSPS) is 26.9. The molecule has 1 aliphatic rings. The van der Waals surface area contributed by atoms with Gasteiger partial charge in [-0.3, -0.25) is 4.79 Å². The van der Waals surface area contributed by atoms with Crippen molar-refractivity contribution < 1.29 is 15.0 Å². The second-order valence-electron chi connectivity index (χ2n) is 3.85. The summed E-state index contributed by atoms with van der Waals surface area (Å²) in [6.45, 7) is 1.74. The van der Waals surface area contributed by atoms with Gasteiger partial charge in [-0.25, -0.2) is 0 Å². The maximum absolute atomic E-state index is 10.5. The van der Waals surface area contributed by atoms with Crippen molar-refractivity contribution in [1.29, 1.82) is 0 Å². The monoisotopic (exact) mass is 202 g/mol. The van der Waals surface area contributed by atoms with Gasteiger partial charge in [-0.05, 0) is 31.7 Å². The van der Waals surface area contributed by atoms with Crippen molar-refractivity contribution in [2.45, 2.75) is 31.4 Å². The summed E-state index contributed by atoms with van der Waals surface area (Å²) in [5.41, 5.74) is 5.34. The average Bonchev–Trinajstić information content (AvgIpc) is 2.19. The molecule has 0 amide bonds. The molecule has 0 radical (unpaired) electrons. The molecule has 5 N–H and O–H groups in total. The SMILES string of the molecule is NC(CC(O)C1CCCNC1)C(=O)O. The third kappa shape index (κ3) is 3.25. The van der Waals surface area contributed by atoms with Crippen molar-refractivity contribution in [3.05, 3.63) is 0 Å². The van der Waals surface area contributed by atoms with Gasteiger partial charge in [-0.2, -0.15) is 0 Å². The standard InChI is InChI=1S/C9H18N2O3/c10-7(9(13)14)4-8(12)6-2-1-3-11-5-6/h6-8,11-12H,1-5,10H2,(H,13,14). The lowest BCUT2D eigenvalue weighted by molar-refractivity contribution is -0.139. The van der Waals surface area contributed by atoms with Gasteiger partial charge in [-0.15, -0.1) is 0 Å². The molecule has 1 rings (SSSR count). The number of hydrogen-bond donors (Lipinski definition) is 4. The van der Waals surface area contributed by atoms with E-state index in [1.165, 1.54) is 0 Å². The van der Waals surface area contributed by atoms with Crippen molar-refractivity contribution in [3.8, 4) is 0 Å². The Balaban J connectivity index is 2.32. The summed E-state index contributed by atoms with van der Waals surface area (Å²) in [6, 6.07) is -0.952. The van der Waals surface area contributed by atoms with E-state index < -0.39 is 18.1 Å². The summed E-state index contributed by atoms with van der Waals surface area (Å²) in [4.78, 5) is 10.5. The zero-order chi connectivity index (χ0) is 10.6. The number of aliphatic hydroxyl groups is 1. The number of carboxylic acid groups (broad SMARTS) is 1. The van der Waals surface area contributed by atoms with Crippen molar-refractivity contribution in [3.63, 3.8) is 0 Å². The molecular weight excluding hydrogens is 184 g/mol. The van der Waals surface area contributed by atoms with Gasteiger partial charge in [0.25, 0.3) is 0 Å². The van der Waals surface area contributed by atoms with Crippen molar-refractivity contribution in [2.75, 3.05) is 13.1 Å². The molecule has 1 fully saturated rings. The van der Waals surface area contributed by atoms with Gasteiger partial charge < -0.3 is 21.3 Å². The number of piperidine rings is 1. The maximum atomic E-state index is 10.5. The van der Waals surface area contributed by atoms with E-state index in [0.717, 1.165) is 25.9 Å². The number of aliphatic hydroxyl groups excluding tert-OH is 1. The van der Waals surface area contributed by atoms with E-state index in [4.69, 9.17) is 10.8 Å². The van der Waals surface area contributed by atoms with Crippen LogP contribution in [0, 0.1) is 5.92 Å². The average molecular weight is 202 g/mol. The van der Waals surface area contributed by atoms with Gasteiger partial charge >= 0.3 is 5.97 Å². The largest absolute Gasteiger partial charge is 0.480 e. The lowest BCUT2D eigenvalue weighted by Crippen LogP contribution is -2.41. The molecule has 1 heterocycles. The van der Waals surface area contributed by atoms with Gasteiger partial charge in [0.1, 0.15) is 6.04 Å². The Kier molecular flexibility index (Phi) is 4.31. The van der Waals surface area contributed by atoms with Crippen LogP contribution in [0.4, 0.5) is 0 Å². The van der Waals surface area contributed by atoms with Crippen molar-refractivity contribution in [1.82, 2.24) is 5.32 Å². The Morgan fingerprint density at radius 1 is 1.64 bits per heavy atom. The summed E-state index contributed by atoms with van der Waals surface area (Å²) >= 11 is 0. The number of carboxylic acids is 1. The Morgan fingerprint density at radius 2 is 2.36 bits per heavy atom. The molecular formula is C9H18N2O3. The Bertz CT molecular complexity index is 192. The van der Waals surface area contributed by atoms with E-state index in [1.807, 2.05) is 0 Å². The molecule has 1 aliphatic heterocycles. The third-order valence-electron chi connectivity index (χ3n) is 2.69. The number of rotatable bonds is 4. The summed E-state index contributed by atoms with van der Waals surface area (Å²) in [5.74, 6) is -0.901. The van der Waals surface area contributed by atoms with E-state index in [0.29, 0.717) is 0 Å². The number of nitrogens with one attached hydrogen (secondary N) is 1. The van der Waals surface area contributed by atoms with Gasteiger partial charge in [0, 0.05) is 6.54 Å². The van der Waals surface area contributed by atoms with Crippen molar-refractivity contribution in [2.24, 2.45) is 11.7 Å². The first-order valence-corrected chi connectivity index (χ1v) is 4.98. The molecule has 3 atom stereocenters. The minimum absolute atomic E-state index is 0.141. The van der Waals surface area contributed by atoms with E-state index in [2.05, 4.69) is 5.32 Å². The predicted octanol–water partition coefficient (Wildman–Crippen LogP) is -0.851. The first kappa shape index (κ1) is 11.4. The highest BCUT2D eigenvalue weighted by molar-refractivity contribution is 5.73. The lowest BCUT2D eigenvalue weighted by atomic mass is 9.90. The molecule has 0 saturated carbocycles. The molecule has 3 unspecified atom stereocenters. The predicted molar refractivity (Wildman–Crippen MR) is 51.8 cm³/mol. The van der Waals surface area contributed by atoms with Crippen LogP contribution < -0.4 is 11.1 Å². The molecule has 82 valence electrons. The highest BCUT2D eigenvalue weighted by Crippen LogP contribution is 2.17. The molecule has 1 saturated heterocycles. The van der Waals surface area contributed by atoms with E-state index in [1.54, 1.807) is 0 Å². The van der Waals surface area contributed by atoms with Crippen LogP contribution in [0.2, 0.25) is 0 Å². The fourth-order valence-electron chi connectivity index (χ4n) is 1.76. The summed E-state index contributed by atoms with van der Waals surface area (Å²) in [7, 11) is 0. The fraction of sp³-hybridized carbons (Fsp3) is 0.889. The number of carbonyl (C=O) groups is 1. The Hall–Kier alpha value is -0.650. The molecule has 5 nitrogen and oxygen atoms in total. The van der Waals surface area contributed by atoms with Crippen LogP contribution in [0.3, 0.4) is 0 Å². The Morgan fingerprint density at radius 3 is 2.86 bits per heavy atom. The van der Waals surface area contributed by atoms with Crippen LogP contribution in [-0.4, -0.2) is 41.4 Å². The zero-order valence-electron chi connectivity index (χ0n) is 8.15. The van der Waals surface area contributed by atoms with Crippen molar-refractivity contribution >= 4 is 5.97 Å². The molecule has 0 aliphatic carbocycles. The molecule has 14 heavy (non-hydrogen) atoms. The van der Waals surface area contributed by atoms with Gasteiger partial charge in [0.2, 0.25) is 0 Å². The molecule has 0 spiro atoms. The van der Waals surface area contributed by atoms with Crippen LogP contribution >= 0.6 is 0 Å². The number of nitrogens with two attached hydrogens (primary N) is 1. The maximum Gasteiger partial charge on any atom is 0.320 e. The molecule has 0 aromatic carbocycles. The van der Waals surface area contributed by atoms with E-state index in [-0.39, 0.29) is 12.3 Å². The quantitative estimate of drug-likeness (QED) is 0.476. The Labute approximate surface area is 83.3 Å². The zero-order valence-corrected chi connectivity index (χ0v) is 8.15.